The Hall–Kier alpha value is -0.0800. The third-order valence-corrected chi connectivity index (χ3v) is 4.40. The number of hydrogen-bond donors (Lipinski definition) is 1. The minimum Gasteiger partial charge on any atom is -0.329 e. The minimum atomic E-state index is 0.350. The Balaban J connectivity index is 2.61. The average molecular weight is 240 g/mol. The van der Waals surface area contributed by atoms with Crippen molar-refractivity contribution in [2.24, 2.45) is 5.73 Å². The summed E-state index contributed by atoms with van der Waals surface area (Å²) >= 11 is 0. The highest BCUT2D eigenvalue weighted by Crippen LogP contribution is 2.33. The first-order valence-corrected chi connectivity index (χ1v) is 7.74. The van der Waals surface area contributed by atoms with E-state index in [0.29, 0.717) is 5.54 Å². The van der Waals surface area contributed by atoms with Crippen LogP contribution in [-0.2, 0) is 0 Å². The molecule has 1 rings (SSSR count). The first kappa shape index (κ1) is 15.0. The lowest BCUT2D eigenvalue weighted by atomic mass is 9.80. The van der Waals surface area contributed by atoms with E-state index in [4.69, 9.17) is 5.73 Å². The maximum Gasteiger partial charge on any atom is 0.0331 e. The van der Waals surface area contributed by atoms with E-state index in [1.165, 1.54) is 70.9 Å². The van der Waals surface area contributed by atoms with Crippen molar-refractivity contribution in [2.45, 2.75) is 77.2 Å². The molecule has 17 heavy (non-hydrogen) atoms. The summed E-state index contributed by atoms with van der Waals surface area (Å²) in [6.45, 7) is 7.95. The molecule has 0 saturated heterocycles. The van der Waals surface area contributed by atoms with Crippen molar-refractivity contribution < 1.29 is 0 Å². The Morgan fingerprint density at radius 1 is 0.941 bits per heavy atom. The highest BCUT2D eigenvalue weighted by atomic mass is 15.2. The van der Waals surface area contributed by atoms with Crippen LogP contribution in [0.4, 0.5) is 0 Å². The molecule has 0 radical (unpaired) electrons. The van der Waals surface area contributed by atoms with Gasteiger partial charge in [-0.1, -0.05) is 46.0 Å². The molecule has 1 aliphatic rings. The van der Waals surface area contributed by atoms with E-state index in [9.17, 15) is 0 Å². The summed E-state index contributed by atoms with van der Waals surface area (Å²) in [7, 11) is 0. The first-order chi connectivity index (χ1) is 8.29. The van der Waals surface area contributed by atoms with Crippen molar-refractivity contribution in [3.63, 3.8) is 0 Å². The van der Waals surface area contributed by atoms with Gasteiger partial charge in [-0.05, 0) is 38.8 Å². The zero-order valence-electron chi connectivity index (χ0n) is 12.0. The maximum atomic E-state index is 6.14. The van der Waals surface area contributed by atoms with Crippen LogP contribution in [0.5, 0.6) is 0 Å². The molecule has 2 heteroatoms. The summed E-state index contributed by atoms with van der Waals surface area (Å²) in [6.07, 6.45) is 12.1. The van der Waals surface area contributed by atoms with E-state index in [-0.39, 0.29) is 0 Å². The van der Waals surface area contributed by atoms with E-state index < -0.39 is 0 Å². The lowest BCUT2D eigenvalue weighted by Crippen LogP contribution is -2.55. The number of unbranched alkanes of at least 4 members (excludes halogenated alkanes) is 2. The topological polar surface area (TPSA) is 29.3 Å². The summed E-state index contributed by atoms with van der Waals surface area (Å²) in [5.41, 5.74) is 6.49. The molecule has 1 aliphatic carbocycles. The first-order valence-electron chi connectivity index (χ1n) is 7.74. The van der Waals surface area contributed by atoms with Crippen LogP contribution in [-0.4, -0.2) is 30.1 Å². The van der Waals surface area contributed by atoms with Crippen molar-refractivity contribution in [3.8, 4) is 0 Å². The molecule has 0 bridgehead atoms. The van der Waals surface area contributed by atoms with Crippen molar-refractivity contribution in [1.29, 1.82) is 0 Å². The third kappa shape index (κ3) is 4.26. The van der Waals surface area contributed by atoms with E-state index in [1.807, 2.05) is 0 Å². The molecule has 0 aromatic carbocycles. The third-order valence-electron chi connectivity index (χ3n) is 4.40. The van der Waals surface area contributed by atoms with Gasteiger partial charge in [0.25, 0.3) is 0 Å². The molecule has 0 aromatic heterocycles. The zero-order valence-corrected chi connectivity index (χ0v) is 12.0. The molecule has 0 aromatic rings. The Morgan fingerprint density at radius 3 is 1.88 bits per heavy atom. The molecule has 1 fully saturated rings. The summed E-state index contributed by atoms with van der Waals surface area (Å²) in [5.74, 6) is 0. The predicted octanol–water partition coefficient (Wildman–Crippen LogP) is 3.55. The standard InChI is InChI=1S/C15H32N2/c1-3-5-12-17(13-6-4-2)15(14-16)10-8-7-9-11-15/h3-14,16H2,1-2H3. The molecule has 0 atom stereocenters. The number of hydrogen-bond acceptors (Lipinski definition) is 2. The predicted molar refractivity (Wildman–Crippen MR) is 76.3 cm³/mol. The van der Waals surface area contributed by atoms with Crippen molar-refractivity contribution in [3.05, 3.63) is 0 Å². The minimum absolute atomic E-state index is 0.350. The molecule has 0 amide bonds. The zero-order chi connectivity index (χ0) is 12.6. The monoisotopic (exact) mass is 240 g/mol. The SMILES string of the molecule is CCCCN(CCCC)C1(CN)CCCCC1. The van der Waals surface area contributed by atoms with Crippen molar-refractivity contribution >= 4 is 0 Å². The molecule has 2 N–H and O–H groups in total. The van der Waals surface area contributed by atoms with Gasteiger partial charge in [-0.2, -0.15) is 0 Å². The second-order valence-electron chi connectivity index (χ2n) is 5.68. The Labute approximate surface area is 108 Å². The Kier molecular flexibility index (Phi) is 7.14. The number of nitrogens with two attached hydrogens (primary N) is 1. The smallest absolute Gasteiger partial charge is 0.0331 e. The molecule has 102 valence electrons. The summed E-state index contributed by atoms with van der Waals surface area (Å²) < 4.78 is 0. The summed E-state index contributed by atoms with van der Waals surface area (Å²) in [6, 6.07) is 0. The van der Waals surface area contributed by atoms with Crippen LogP contribution in [0, 0.1) is 0 Å². The van der Waals surface area contributed by atoms with Gasteiger partial charge < -0.3 is 5.73 Å². The van der Waals surface area contributed by atoms with Gasteiger partial charge in [-0.15, -0.1) is 0 Å². The van der Waals surface area contributed by atoms with Crippen LogP contribution in [0.25, 0.3) is 0 Å². The summed E-state index contributed by atoms with van der Waals surface area (Å²) in [4.78, 5) is 2.74. The quantitative estimate of drug-likeness (QED) is 0.703. The van der Waals surface area contributed by atoms with Crippen LogP contribution in [0.3, 0.4) is 0 Å². The number of rotatable bonds is 8. The lowest BCUT2D eigenvalue weighted by molar-refractivity contribution is 0.0541. The second kappa shape index (κ2) is 8.10. The van der Waals surface area contributed by atoms with E-state index >= 15 is 0 Å². The molecule has 0 spiro atoms. The fourth-order valence-electron chi connectivity index (χ4n) is 3.14. The molecule has 2 nitrogen and oxygen atoms in total. The van der Waals surface area contributed by atoms with Gasteiger partial charge in [0, 0.05) is 12.1 Å². The highest BCUT2D eigenvalue weighted by molar-refractivity contribution is 4.94. The maximum absolute atomic E-state index is 6.14. The van der Waals surface area contributed by atoms with Gasteiger partial charge in [-0.3, -0.25) is 4.90 Å². The molecule has 1 saturated carbocycles. The van der Waals surface area contributed by atoms with Gasteiger partial charge in [0.05, 0.1) is 0 Å². The van der Waals surface area contributed by atoms with Gasteiger partial charge in [-0.25, -0.2) is 0 Å². The molecule has 0 heterocycles. The van der Waals surface area contributed by atoms with Gasteiger partial charge >= 0.3 is 0 Å². The van der Waals surface area contributed by atoms with Crippen molar-refractivity contribution in [1.82, 2.24) is 4.90 Å². The fourth-order valence-corrected chi connectivity index (χ4v) is 3.14. The number of nitrogens with zero attached hydrogens (tertiary/aromatic N) is 1. The average Bonchev–Trinajstić information content (AvgIpc) is 2.39. The van der Waals surface area contributed by atoms with Crippen LogP contribution in [0.15, 0.2) is 0 Å². The van der Waals surface area contributed by atoms with Gasteiger partial charge in [0.1, 0.15) is 0 Å². The van der Waals surface area contributed by atoms with Crippen molar-refractivity contribution in [2.75, 3.05) is 19.6 Å². The molecule has 0 unspecified atom stereocenters. The van der Waals surface area contributed by atoms with Gasteiger partial charge in [0.15, 0.2) is 0 Å². The molecule has 0 aliphatic heterocycles. The van der Waals surface area contributed by atoms with Crippen LogP contribution in [0.1, 0.15) is 71.6 Å². The van der Waals surface area contributed by atoms with Gasteiger partial charge in [0.2, 0.25) is 0 Å². The Morgan fingerprint density at radius 2 is 1.47 bits per heavy atom. The normalized spacial score (nSPS) is 19.8. The van der Waals surface area contributed by atoms with Crippen LogP contribution in [0.2, 0.25) is 0 Å². The largest absolute Gasteiger partial charge is 0.329 e. The molecular formula is C15H32N2. The van der Waals surface area contributed by atoms with E-state index in [1.54, 1.807) is 0 Å². The van der Waals surface area contributed by atoms with Crippen LogP contribution >= 0.6 is 0 Å². The molecular weight excluding hydrogens is 208 g/mol. The van der Waals surface area contributed by atoms with E-state index in [0.717, 1.165) is 6.54 Å². The lowest BCUT2D eigenvalue weighted by Gasteiger charge is -2.46. The Bertz CT molecular complexity index is 177. The summed E-state index contributed by atoms with van der Waals surface area (Å²) in [5, 5.41) is 0. The highest BCUT2D eigenvalue weighted by Gasteiger charge is 2.35. The van der Waals surface area contributed by atoms with E-state index in [2.05, 4.69) is 18.7 Å². The second-order valence-corrected chi connectivity index (χ2v) is 5.68. The fraction of sp³-hybridized carbons (Fsp3) is 1.00. The van der Waals surface area contributed by atoms with Crippen LogP contribution < -0.4 is 5.73 Å².